The van der Waals surface area contributed by atoms with Gasteiger partial charge in [0.2, 0.25) is 0 Å². The van der Waals surface area contributed by atoms with Crippen molar-refractivity contribution >= 4 is 33.5 Å². The van der Waals surface area contributed by atoms with E-state index in [2.05, 4.69) is 4.74 Å². The number of hydrogen-bond donors (Lipinski definition) is 1. The standard InChI is InChI=1S/C10H10ClNO5S/c1-6(13)7-3-4-8(11)9(5-7)18(15,16)12-10(14)17-2/h3-5H,1-2H3,(H,12,14). The summed E-state index contributed by atoms with van der Waals surface area (Å²) in [5.74, 6) is -0.318. The molecule has 0 atom stereocenters. The first-order valence-corrected chi connectivity index (χ1v) is 6.55. The van der Waals surface area contributed by atoms with Crippen molar-refractivity contribution in [3.8, 4) is 0 Å². The molecule has 0 bridgehead atoms. The quantitative estimate of drug-likeness (QED) is 0.854. The second-order valence-electron chi connectivity index (χ2n) is 3.30. The van der Waals surface area contributed by atoms with Gasteiger partial charge >= 0.3 is 6.09 Å². The average Bonchev–Trinajstić information content (AvgIpc) is 2.28. The Kier molecular flexibility index (Phi) is 4.31. The van der Waals surface area contributed by atoms with Crippen LogP contribution >= 0.6 is 11.6 Å². The van der Waals surface area contributed by atoms with Crippen molar-refractivity contribution in [2.75, 3.05) is 7.11 Å². The van der Waals surface area contributed by atoms with Crippen LogP contribution in [0, 0.1) is 0 Å². The molecule has 1 rings (SSSR count). The lowest BCUT2D eigenvalue weighted by Gasteiger charge is -2.08. The Labute approximate surface area is 109 Å². The summed E-state index contributed by atoms with van der Waals surface area (Å²) in [5.41, 5.74) is 0.171. The summed E-state index contributed by atoms with van der Waals surface area (Å²) in [4.78, 5) is 21.7. The number of carbonyl (C=O) groups excluding carboxylic acids is 2. The van der Waals surface area contributed by atoms with Gasteiger partial charge in [-0.3, -0.25) is 4.79 Å². The third kappa shape index (κ3) is 3.21. The molecule has 18 heavy (non-hydrogen) atoms. The number of rotatable bonds is 3. The smallest absolute Gasteiger partial charge is 0.420 e. The van der Waals surface area contributed by atoms with E-state index in [4.69, 9.17) is 11.6 Å². The Hall–Kier alpha value is -1.60. The average molecular weight is 292 g/mol. The Bertz CT molecular complexity index is 596. The van der Waals surface area contributed by atoms with Crippen molar-refractivity contribution in [1.82, 2.24) is 4.72 Å². The van der Waals surface area contributed by atoms with Gasteiger partial charge in [0.15, 0.2) is 5.78 Å². The van der Waals surface area contributed by atoms with Crippen molar-refractivity contribution in [3.63, 3.8) is 0 Å². The van der Waals surface area contributed by atoms with Crippen LogP contribution in [0.2, 0.25) is 5.02 Å². The number of halogens is 1. The molecule has 1 N–H and O–H groups in total. The first-order chi connectivity index (χ1) is 8.27. The van der Waals surface area contributed by atoms with Crippen molar-refractivity contribution in [1.29, 1.82) is 0 Å². The van der Waals surface area contributed by atoms with Gasteiger partial charge in [-0.05, 0) is 25.1 Å². The minimum absolute atomic E-state index is 0.101. The van der Waals surface area contributed by atoms with Crippen LogP contribution in [-0.4, -0.2) is 27.4 Å². The Morgan fingerprint density at radius 3 is 2.44 bits per heavy atom. The molecule has 6 nitrogen and oxygen atoms in total. The molecule has 1 amide bonds. The van der Waals surface area contributed by atoms with E-state index in [-0.39, 0.29) is 21.3 Å². The van der Waals surface area contributed by atoms with Crippen LogP contribution in [0.25, 0.3) is 0 Å². The molecule has 0 aliphatic rings. The van der Waals surface area contributed by atoms with Crippen LogP contribution in [0.5, 0.6) is 0 Å². The highest BCUT2D eigenvalue weighted by molar-refractivity contribution is 7.90. The number of nitrogens with one attached hydrogen (secondary N) is 1. The van der Waals surface area contributed by atoms with Gasteiger partial charge in [0.05, 0.1) is 12.1 Å². The molecule has 0 saturated heterocycles. The molecule has 0 unspecified atom stereocenters. The number of carbonyl (C=O) groups is 2. The first kappa shape index (κ1) is 14.5. The zero-order valence-electron chi connectivity index (χ0n) is 9.56. The number of Topliss-reactive ketones (excluding diaryl/α,β-unsaturated/α-hetero) is 1. The molecule has 0 fully saturated rings. The predicted molar refractivity (Wildman–Crippen MR) is 64.2 cm³/mol. The summed E-state index contributed by atoms with van der Waals surface area (Å²) in [5, 5.41) is -0.101. The topological polar surface area (TPSA) is 89.5 Å². The third-order valence-corrected chi connectivity index (χ3v) is 3.82. The Balaban J connectivity index is 3.27. The monoisotopic (exact) mass is 291 g/mol. The molecule has 0 aliphatic heterocycles. The fraction of sp³-hybridized carbons (Fsp3) is 0.200. The fourth-order valence-corrected chi connectivity index (χ4v) is 2.58. The summed E-state index contributed by atoms with van der Waals surface area (Å²) >= 11 is 5.73. The summed E-state index contributed by atoms with van der Waals surface area (Å²) in [7, 11) is -3.14. The Morgan fingerprint density at radius 2 is 1.94 bits per heavy atom. The maximum absolute atomic E-state index is 11.8. The molecule has 0 radical (unpaired) electrons. The minimum Gasteiger partial charge on any atom is -0.452 e. The Morgan fingerprint density at radius 1 is 1.33 bits per heavy atom. The number of hydrogen-bond acceptors (Lipinski definition) is 5. The van der Waals surface area contributed by atoms with Crippen LogP contribution in [-0.2, 0) is 14.8 Å². The van der Waals surface area contributed by atoms with Crippen LogP contribution in [0.4, 0.5) is 4.79 Å². The molecule has 8 heteroatoms. The maximum atomic E-state index is 11.8. The molecule has 1 aromatic rings. The van der Waals surface area contributed by atoms with E-state index < -0.39 is 16.1 Å². The SMILES string of the molecule is COC(=O)NS(=O)(=O)c1cc(C(C)=O)ccc1Cl. The fourth-order valence-electron chi connectivity index (χ4n) is 1.13. The number of methoxy groups -OCH3 is 1. The van der Waals surface area contributed by atoms with E-state index in [1.165, 1.54) is 19.1 Å². The maximum Gasteiger partial charge on any atom is 0.420 e. The predicted octanol–water partition coefficient (Wildman–Crippen LogP) is 1.59. The van der Waals surface area contributed by atoms with Gasteiger partial charge in [0.1, 0.15) is 4.90 Å². The van der Waals surface area contributed by atoms with Crippen LogP contribution in [0.1, 0.15) is 17.3 Å². The van der Waals surface area contributed by atoms with E-state index in [0.717, 1.165) is 13.2 Å². The number of sulfonamides is 1. The number of ketones is 1. The van der Waals surface area contributed by atoms with Gasteiger partial charge in [-0.1, -0.05) is 11.6 Å². The normalized spacial score (nSPS) is 10.8. The molecule has 1 aromatic carbocycles. The van der Waals surface area contributed by atoms with Gasteiger partial charge in [-0.15, -0.1) is 0 Å². The summed E-state index contributed by atoms with van der Waals surface area (Å²) < 4.78 is 29.4. The lowest BCUT2D eigenvalue weighted by molar-refractivity contribution is 0.101. The third-order valence-electron chi connectivity index (χ3n) is 2.03. The molecule has 98 valence electrons. The number of amides is 1. The molecular weight excluding hydrogens is 282 g/mol. The van der Waals surface area contributed by atoms with Gasteiger partial charge in [0.25, 0.3) is 10.0 Å². The first-order valence-electron chi connectivity index (χ1n) is 4.69. The number of benzene rings is 1. The van der Waals surface area contributed by atoms with Gasteiger partial charge in [0, 0.05) is 5.56 Å². The highest BCUT2D eigenvalue weighted by atomic mass is 35.5. The van der Waals surface area contributed by atoms with Crippen molar-refractivity contribution in [2.24, 2.45) is 0 Å². The highest BCUT2D eigenvalue weighted by Gasteiger charge is 2.22. The van der Waals surface area contributed by atoms with Crippen molar-refractivity contribution in [3.05, 3.63) is 28.8 Å². The molecule has 0 spiro atoms. The largest absolute Gasteiger partial charge is 0.452 e. The summed E-state index contributed by atoms with van der Waals surface area (Å²) in [6.07, 6.45) is -1.14. The summed E-state index contributed by atoms with van der Waals surface area (Å²) in [6, 6.07) is 3.75. The zero-order chi connectivity index (χ0) is 13.9. The van der Waals surface area contributed by atoms with Crippen LogP contribution in [0.15, 0.2) is 23.1 Å². The van der Waals surface area contributed by atoms with Crippen LogP contribution < -0.4 is 4.72 Å². The van der Waals surface area contributed by atoms with E-state index in [1.807, 2.05) is 0 Å². The zero-order valence-corrected chi connectivity index (χ0v) is 11.1. The number of ether oxygens (including phenoxy) is 1. The second kappa shape index (κ2) is 5.36. The highest BCUT2D eigenvalue weighted by Crippen LogP contribution is 2.22. The van der Waals surface area contributed by atoms with Gasteiger partial charge in [-0.2, -0.15) is 0 Å². The minimum atomic E-state index is -4.17. The van der Waals surface area contributed by atoms with E-state index >= 15 is 0 Å². The molecule has 0 heterocycles. The molecule has 0 aromatic heterocycles. The van der Waals surface area contributed by atoms with E-state index in [1.54, 1.807) is 4.72 Å². The summed E-state index contributed by atoms with van der Waals surface area (Å²) in [6.45, 7) is 1.29. The van der Waals surface area contributed by atoms with Crippen LogP contribution in [0.3, 0.4) is 0 Å². The van der Waals surface area contributed by atoms with E-state index in [9.17, 15) is 18.0 Å². The lowest BCUT2D eigenvalue weighted by atomic mass is 10.1. The molecule has 0 saturated carbocycles. The molecular formula is C10H10ClNO5S. The second-order valence-corrected chi connectivity index (χ2v) is 5.36. The lowest BCUT2D eigenvalue weighted by Crippen LogP contribution is -2.30. The molecule has 0 aliphatic carbocycles. The van der Waals surface area contributed by atoms with Gasteiger partial charge < -0.3 is 4.74 Å². The van der Waals surface area contributed by atoms with Gasteiger partial charge in [-0.25, -0.2) is 17.9 Å². The van der Waals surface area contributed by atoms with Crippen molar-refractivity contribution in [2.45, 2.75) is 11.8 Å². The van der Waals surface area contributed by atoms with Crippen molar-refractivity contribution < 1.29 is 22.7 Å². The van der Waals surface area contributed by atoms with E-state index in [0.29, 0.717) is 0 Å².